The van der Waals surface area contributed by atoms with E-state index in [1.807, 2.05) is 6.92 Å². The molecule has 0 saturated carbocycles. The number of hydrogen-bond donors (Lipinski definition) is 1. The number of likely N-dealkylation sites (N-methyl/N-ethyl adjacent to an activating group) is 1. The van der Waals surface area contributed by atoms with Gasteiger partial charge in [0.25, 0.3) is 0 Å². The van der Waals surface area contributed by atoms with E-state index in [2.05, 4.69) is 85.4 Å². The van der Waals surface area contributed by atoms with Crippen LogP contribution in [0.4, 0.5) is 0 Å². The summed E-state index contributed by atoms with van der Waals surface area (Å²) >= 11 is 13.1. The van der Waals surface area contributed by atoms with E-state index in [1.165, 1.54) is 22.3 Å². The first-order valence-electron chi connectivity index (χ1n) is 13.2. The van der Waals surface area contributed by atoms with Gasteiger partial charge in [0.15, 0.2) is 0 Å². The Labute approximate surface area is 227 Å². The monoisotopic (exact) mass is 527 g/mol. The number of quaternary nitrogens is 1. The molecule has 0 aromatic heterocycles. The number of amides is 1. The molecule has 0 fully saturated rings. The molecule has 0 spiro atoms. The fourth-order valence-electron chi connectivity index (χ4n) is 3.59. The van der Waals surface area contributed by atoms with Gasteiger partial charge >= 0.3 is 0 Å². The Bertz CT molecular complexity index is 751. The van der Waals surface area contributed by atoms with Gasteiger partial charge in [-0.2, -0.15) is 0 Å². The Kier molecular flexibility index (Phi) is 16.9. The molecular weight excluding hydrogens is 475 g/mol. The van der Waals surface area contributed by atoms with Gasteiger partial charge in [0, 0.05) is 0 Å². The number of rotatable bonds is 17. The molecule has 0 aliphatic carbocycles. The standard InChI is InChI=1S/C30H52Cl2N2O/c1-24(2)14-10-15-25(3)16-11-17-26(4)18-12-19-27(5)20-13-21-30(6,32)28(31)29(35)33-22-23-34(7,8)9/h14,16,18,20,28H,10-13,15,17,19,21-23H2,1-9H3/p+1. The van der Waals surface area contributed by atoms with Gasteiger partial charge in [0.2, 0.25) is 5.91 Å². The Morgan fingerprint density at radius 3 is 1.69 bits per heavy atom. The van der Waals surface area contributed by atoms with Crippen LogP contribution in [0.25, 0.3) is 0 Å². The predicted molar refractivity (Wildman–Crippen MR) is 157 cm³/mol. The molecule has 0 aliphatic rings. The highest BCUT2D eigenvalue weighted by molar-refractivity contribution is 6.39. The van der Waals surface area contributed by atoms with Crippen molar-refractivity contribution < 1.29 is 9.28 Å². The number of hydrogen-bond acceptors (Lipinski definition) is 1. The van der Waals surface area contributed by atoms with E-state index in [4.69, 9.17) is 23.2 Å². The van der Waals surface area contributed by atoms with E-state index in [-0.39, 0.29) is 5.91 Å². The van der Waals surface area contributed by atoms with Crippen LogP contribution in [-0.4, -0.2) is 54.9 Å². The van der Waals surface area contributed by atoms with E-state index >= 15 is 0 Å². The number of alkyl halides is 2. The van der Waals surface area contributed by atoms with Gasteiger partial charge in [-0.3, -0.25) is 4.79 Å². The molecular formula is C30H53Cl2N2O+. The first-order valence-corrected chi connectivity index (χ1v) is 14.0. The molecule has 0 heterocycles. The Hall–Kier alpha value is -1.03. The number of allylic oxidation sites excluding steroid dienone is 8. The van der Waals surface area contributed by atoms with Crippen molar-refractivity contribution in [1.82, 2.24) is 5.32 Å². The molecule has 1 amide bonds. The van der Waals surface area contributed by atoms with Crippen LogP contribution in [0.5, 0.6) is 0 Å². The second kappa shape index (κ2) is 17.4. The fraction of sp³-hybridized carbons (Fsp3) is 0.700. The van der Waals surface area contributed by atoms with E-state index in [9.17, 15) is 4.79 Å². The third-order valence-corrected chi connectivity index (χ3v) is 7.32. The molecule has 2 unspecified atom stereocenters. The number of carbonyl (C=O) groups excluding carboxylic acids is 1. The van der Waals surface area contributed by atoms with Crippen molar-refractivity contribution >= 4 is 29.1 Å². The van der Waals surface area contributed by atoms with Gasteiger partial charge in [0.1, 0.15) is 5.38 Å². The summed E-state index contributed by atoms with van der Waals surface area (Å²) in [6.45, 7) is 14.3. The first kappa shape index (κ1) is 34.0. The third-order valence-electron chi connectivity index (χ3n) is 6.12. The lowest BCUT2D eigenvalue weighted by Gasteiger charge is -2.28. The summed E-state index contributed by atoms with van der Waals surface area (Å²) < 4.78 is 0.789. The maximum atomic E-state index is 12.4. The molecule has 202 valence electrons. The Balaban J connectivity index is 4.35. The maximum absolute atomic E-state index is 12.4. The van der Waals surface area contributed by atoms with Gasteiger partial charge in [-0.05, 0) is 92.9 Å². The SMILES string of the molecule is CC(C)=CCCC(C)=CCCC(C)=CCCC(C)=CCCC(C)(Cl)C(Cl)C(=O)NCC[N+](C)(C)C. The van der Waals surface area contributed by atoms with Gasteiger partial charge in [-0.1, -0.05) is 46.6 Å². The zero-order valence-electron chi connectivity index (χ0n) is 24.1. The Morgan fingerprint density at radius 1 is 0.829 bits per heavy atom. The van der Waals surface area contributed by atoms with E-state index in [0.717, 1.165) is 56.0 Å². The summed E-state index contributed by atoms with van der Waals surface area (Å²) in [5.74, 6) is -0.183. The second-order valence-electron chi connectivity index (χ2n) is 11.5. The highest BCUT2D eigenvalue weighted by atomic mass is 35.5. The van der Waals surface area contributed by atoms with Crippen LogP contribution < -0.4 is 5.32 Å². The summed E-state index contributed by atoms with van der Waals surface area (Å²) in [6, 6.07) is 0. The number of halogens is 2. The normalized spacial score (nSPS) is 16.0. The fourth-order valence-corrected chi connectivity index (χ4v) is 3.99. The van der Waals surface area contributed by atoms with Gasteiger partial charge in [-0.15, -0.1) is 23.2 Å². The average Bonchev–Trinajstić information content (AvgIpc) is 2.71. The van der Waals surface area contributed by atoms with Crippen LogP contribution >= 0.6 is 23.2 Å². The largest absolute Gasteiger partial charge is 0.349 e. The summed E-state index contributed by atoms with van der Waals surface area (Å²) in [6.07, 6.45) is 17.4. The van der Waals surface area contributed by atoms with Crippen LogP contribution in [0.1, 0.15) is 92.9 Å². The number of nitrogens with one attached hydrogen (secondary N) is 1. The number of nitrogens with zero attached hydrogens (tertiary/aromatic N) is 1. The maximum Gasteiger partial charge on any atom is 0.240 e. The van der Waals surface area contributed by atoms with Crippen LogP contribution in [0.15, 0.2) is 46.6 Å². The van der Waals surface area contributed by atoms with Crippen LogP contribution in [-0.2, 0) is 4.79 Å². The van der Waals surface area contributed by atoms with E-state index in [0.29, 0.717) is 13.0 Å². The van der Waals surface area contributed by atoms with Crippen molar-refractivity contribution in [1.29, 1.82) is 0 Å². The molecule has 0 aromatic carbocycles. The molecule has 0 radical (unpaired) electrons. The van der Waals surface area contributed by atoms with Gasteiger partial charge in [-0.25, -0.2) is 0 Å². The van der Waals surface area contributed by atoms with Crippen LogP contribution in [0.2, 0.25) is 0 Å². The minimum atomic E-state index is -0.771. The molecule has 0 aliphatic heterocycles. The van der Waals surface area contributed by atoms with Crippen molar-refractivity contribution in [2.45, 2.75) is 103 Å². The van der Waals surface area contributed by atoms with Crippen LogP contribution in [0.3, 0.4) is 0 Å². The van der Waals surface area contributed by atoms with Crippen molar-refractivity contribution in [3.8, 4) is 0 Å². The summed E-state index contributed by atoms with van der Waals surface area (Å²) in [5.41, 5.74) is 5.70. The second-order valence-corrected chi connectivity index (χ2v) is 12.8. The molecule has 5 heteroatoms. The topological polar surface area (TPSA) is 29.1 Å². The molecule has 35 heavy (non-hydrogen) atoms. The molecule has 0 rings (SSSR count). The molecule has 2 atom stereocenters. The lowest BCUT2D eigenvalue weighted by atomic mass is 9.98. The quantitative estimate of drug-likeness (QED) is 0.115. The minimum Gasteiger partial charge on any atom is -0.349 e. The highest BCUT2D eigenvalue weighted by Gasteiger charge is 2.35. The Morgan fingerprint density at radius 2 is 1.26 bits per heavy atom. The lowest BCUT2D eigenvalue weighted by Crippen LogP contribution is -2.47. The van der Waals surface area contributed by atoms with Crippen molar-refractivity contribution in [2.24, 2.45) is 0 Å². The number of carbonyl (C=O) groups is 1. The van der Waals surface area contributed by atoms with Gasteiger partial charge in [0.05, 0.1) is 39.1 Å². The molecule has 0 bridgehead atoms. The van der Waals surface area contributed by atoms with Crippen molar-refractivity contribution in [2.75, 3.05) is 34.2 Å². The summed E-state index contributed by atoms with van der Waals surface area (Å²) in [7, 11) is 6.28. The molecule has 3 nitrogen and oxygen atoms in total. The smallest absolute Gasteiger partial charge is 0.240 e. The summed E-state index contributed by atoms with van der Waals surface area (Å²) in [5, 5.41) is 2.17. The highest BCUT2D eigenvalue weighted by Crippen LogP contribution is 2.30. The molecule has 0 aromatic rings. The molecule has 0 saturated heterocycles. The predicted octanol–water partition coefficient (Wildman–Crippen LogP) is 8.34. The first-order chi connectivity index (χ1) is 16.1. The third kappa shape index (κ3) is 18.8. The van der Waals surface area contributed by atoms with Gasteiger partial charge < -0.3 is 9.80 Å². The zero-order chi connectivity index (χ0) is 27.1. The van der Waals surface area contributed by atoms with E-state index in [1.54, 1.807) is 0 Å². The van der Waals surface area contributed by atoms with E-state index < -0.39 is 10.3 Å². The minimum absolute atomic E-state index is 0.183. The van der Waals surface area contributed by atoms with Crippen LogP contribution in [0, 0.1) is 0 Å². The summed E-state index contributed by atoms with van der Waals surface area (Å²) in [4.78, 5) is 11.6. The van der Waals surface area contributed by atoms with Crippen molar-refractivity contribution in [3.63, 3.8) is 0 Å². The molecule has 1 N–H and O–H groups in total. The van der Waals surface area contributed by atoms with Crippen molar-refractivity contribution in [3.05, 3.63) is 46.6 Å². The average molecular weight is 529 g/mol. The lowest BCUT2D eigenvalue weighted by molar-refractivity contribution is -0.869. The zero-order valence-corrected chi connectivity index (χ0v) is 25.6.